The summed E-state index contributed by atoms with van der Waals surface area (Å²) in [6, 6.07) is 7.42. The van der Waals surface area contributed by atoms with Crippen LogP contribution >= 0.6 is 12.2 Å². The highest BCUT2D eigenvalue weighted by molar-refractivity contribution is 7.71. The van der Waals surface area contributed by atoms with E-state index in [0.29, 0.717) is 4.64 Å². The third-order valence-corrected chi connectivity index (χ3v) is 1.97. The second kappa shape index (κ2) is 2.57. The molecule has 1 aromatic carbocycles. The molecule has 2 aromatic rings. The first kappa shape index (κ1) is 7.24. The molecule has 4 heteroatoms. The normalized spacial score (nSPS) is 10.3. The van der Waals surface area contributed by atoms with Crippen molar-refractivity contribution < 1.29 is 0 Å². The van der Waals surface area contributed by atoms with Gasteiger partial charge in [-0.1, -0.05) is 24.4 Å². The molecular weight excluding hydrogens is 172 g/mol. The monoisotopic (exact) mass is 178 g/mol. The number of aromatic nitrogens is 2. The minimum Gasteiger partial charge on any atom is -0.307 e. The molecule has 1 heterocycles. The average Bonchev–Trinajstić information content (AvgIpc) is 2.04. The molecule has 2 rings (SSSR count). The van der Waals surface area contributed by atoms with Crippen LogP contribution in [0.1, 0.15) is 0 Å². The fraction of sp³-hybridized carbons (Fsp3) is 0. The highest BCUT2D eigenvalue weighted by atomic mass is 32.1. The van der Waals surface area contributed by atoms with Gasteiger partial charge in [0.15, 0.2) is 0 Å². The van der Waals surface area contributed by atoms with Crippen molar-refractivity contribution in [3.05, 3.63) is 39.4 Å². The standard InChI is InChI=1S/C8H6N2OS/c11-8-9-6-4-2-1-3-5(6)7(12)10-8/h1-4H,(H2,9,10,11,12). The molecule has 0 amide bonds. The van der Waals surface area contributed by atoms with Crippen molar-refractivity contribution >= 4 is 23.1 Å². The molecule has 0 aliphatic carbocycles. The van der Waals surface area contributed by atoms with E-state index in [4.69, 9.17) is 12.2 Å². The number of rotatable bonds is 0. The van der Waals surface area contributed by atoms with Crippen molar-refractivity contribution in [2.45, 2.75) is 0 Å². The Morgan fingerprint density at radius 2 is 1.92 bits per heavy atom. The quantitative estimate of drug-likeness (QED) is 0.602. The molecule has 60 valence electrons. The number of fused-ring (bicyclic) bond motifs is 1. The summed E-state index contributed by atoms with van der Waals surface area (Å²) in [7, 11) is 0. The average molecular weight is 178 g/mol. The third-order valence-electron chi connectivity index (χ3n) is 1.65. The zero-order chi connectivity index (χ0) is 8.55. The van der Waals surface area contributed by atoms with E-state index in [0.717, 1.165) is 10.9 Å². The molecule has 12 heavy (non-hydrogen) atoms. The first-order valence-electron chi connectivity index (χ1n) is 3.49. The number of para-hydroxylation sites is 1. The fourth-order valence-corrected chi connectivity index (χ4v) is 1.38. The molecule has 0 aliphatic heterocycles. The Hall–Kier alpha value is -1.42. The molecule has 0 saturated heterocycles. The summed E-state index contributed by atoms with van der Waals surface area (Å²) in [4.78, 5) is 16.1. The lowest BCUT2D eigenvalue weighted by molar-refractivity contribution is 1.11. The maximum atomic E-state index is 10.9. The third kappa shape index (κ3) is 1.06. The zero-order valence-corrected chi connectivity index (χ0v) is 6.94. The van der Waals surface area contributed by atoms with Gasteiger partial charge in [0.25, 0.3) is 0 Å². The smallest absolute Gasteiger partial charge is 0.307 e. The summed E-state index contributed by atoms with van der Waals surface area (Å²) in [5.74, 6) is 0. The highest BCUT2D eigenvalue weighted by Gasteiger charge is 1.93. The first-order valence-corrected chi connectivity index (χ1v) is 3.89. The molecule has 0 fully saturated rings. The molecule has 0 bridgehead atoms. The van der Waals surface area contributed by atoms with E-state index in [9.17, 15) is 4.79 Å². The van der Waals surface area contributed by atoms with Crippen LogP contribution in [0.2, 0.25) is 0 Å². The van der Waals surface area contributed by atoms with Crippen LogP contribution in [0.5, 0.6) is 0 Å². The summed E-state index contributed by atoms with van der Waals surface area (Å²) in [6.07, 6.45) is 0. The van der Waals surface area contributed by atoms with E-state index >= 15 is 0 Å². The Morgan fingerprint density at radius 3 is 2.75 bits per heavy atom. The molecule has 0 aliphatic rings. The van der Waals surface area contributed by atoms with Gasteiger partial charge in [0, 0.05) is 5.39 Å². The Morgan fingerprint density at radius 1 is 1.17 bits per heavy atom. The van der Waals surface area contributed by atoms with E-state index < -0.39 is 0 Å². The van der Waals surface area contributed by atoms with E-state index in [-0.39, 0.29) is 5.69 Å². The number of hydrogen-bond donors (Lipinski definition) is 2. The fourth-order valence-electron chi connectivity index (χ4n) is 1.11. The van der Waals surface area contributed by atoms with E-state index in [2.05, 4.69) is 9.97 Å². The maximum absolute atomic E-state index is 10.9. The summed E-state index contributed by atoms with van der Waals surface area (Å²) >= 11 is 4.97. The van der Waals surface area contributed by atoms with Crippen LogP contribution in [0.25, 0.3) is 10.9 Å². The van der Waals surface area contributed by atoms with Crippen LogP contribution < -0.4 is 5.69 Å². The van der Waals surface area contributed by atoms with Crippen LogP contribution in [-0.4, -0.2) is 9.97 Å². The van der Waals surface area contributed by atoms with Crippen molar-refractivity contribution in [1.82, 2.24) is 9.97 Å². The van der Waals surface area contributed by atoms with Crippen molar-refractivity contribution in [3.63, 3.8) is 0 Å². The van der Waals surface area contributed by atoms with Crippen molar-refractivity contribution in [2.24, 2.45) is 0 Å². The molecule has 0 saturated carbocycles. The molecular formula is C8H6N2OS. The number of H-pyrrole nitrogens is 2. The van der Waals surface area contributed by atoms with Gasteiger partial charge in [-0.2, -0.15) is 0 Å². The lowest BCUT2D eigenvalue weighted by Gasteiger charge is -1.94. The minimum absolute atomic E-state index is 0.265. The number of nitrogens with one attached hydrogen (secondary N) is 2. The molecule has 0 radical (unpaired) electrons. The molecule has 2 N–H and O–H groups in total. The topological polar surface area (TPSA) is 48.6 Å². The predicted octanol–water partition coefficient (Wildman–Crippen LogP) is 1.59. The SMILES string of the molecule is O=c1[nH]c(=S)c2ccccc2[nH]1. The van der Waals surface area contributed by atoms with Gasteiger partial charge >= 0.3 is 5.69 Å². The molecule has 0 spiro atoms. The number of aromatic amines is 2. The summed E-state index contributed by atoms with van der Waals surface area (Å²) in [5.41, 5.74) is 0.505. The second-order valence-corrected chi connectivity index (χ2v) is 2.86. The van der Waals surface area contributed by atoms with Gasteiger partial charge < -0.3 is 4.98 Å². The van der Waals surface area contributed by atoms with Crippen LogP contribution in [0.3, 0.4) is 0 Å². The van der Waals surface area contributed by atoms with Gasteiger partial charge in [-0.25, -0.2) is 4.79 Å². The van der Waals surface area contributed by atoms with Crippen molar-refractivity contribution in [2.75, 3.05) is 0 Å². The summed E-state index contributed by atoms with van der Waals surface area (Å²) < 4.78 is 0.481. The maximum Gasteiger partial charge on any atom is 0.324 e. The number of benzene rings is 1. The van der Waals surface area contributed by atoms with Crippen LogP contribution in [0.4, 0.5) is 0 Å². The van der Waals surface area contributed by atoms with Gasteiger partial charge in [-0.05, 0) is 12.1 Å². The number of hydrogen-bond acceptors (Lipinski definition) is 2. The van der Waals surface area contributed by atoms with Crippen LogP contribution in [-0.2, 0) is 0 Å². The summed E-state index contributed by atoms with van der Waals surface area (Å²) in [5, 5.41) is 0.868. The largest absolute Gasteiger partial charge is 0.324 e. The first-order chi connectivity index (χ1) is 5.77. The Labute approximate surface area is 73.1 Å². The van der Waals surface area contributed by atoms with Crippen LogP contribution in [0, 0.1) is 4.64 Å². The van der Waals surface area contributed by atoms with Gasteiger partial charge in [0.1, 0.15) is 4.64 Å². The highest BCUT2D eigenvalue weighted by Crippen LogP contribution is 2.07. The lowest BCUT2D eigenvalue weighted by Crippen LogP contribution is -2.09. The van der Waals surface area contributed by atoms with E-state index in [1.165, 1.54) is 0 Å². The molecule has 1 aromatic heterocycles. The predicted molar refractivity (Wildman–Crippen MR) is 49.8 cm³/mol. The summed E-state index contributed by atoms with van der Waals surface area (Å²) in [6.45, 7) is 0. The molecule has 0 atom stereocenters. The van der Waals surface area contributed by atoms with Gasteiger partial charge in [0.2, 0.25) is 0 Å². The van der Waals surface area contributed by atoms with Gasteiger partial charge in [-0.3, -0.25) is 4.98 Å². The Bertz CT molecular complexity index is 526. The second-order valence-electron chi connectivity index (χ2n) is 2.45. The zero-order valence-electron chi connectivity index (χ0n) is 6.13. The van der Waals surface area contributed by atoms with Crippen LogP contribution in [0.15, 0.2) is 29.1 Å². The van der Waals surface area contributed by atoms with Gasteiger partial charge in [0.05, 0.1) is 5.52 Å². The molecule has 0 unspecified atom stereocenters. The molecule has 3 nitrogen and oxygen atoms in total. The van der Waals surface area contributed by atoms with E-state index in [1.54, 1.807) is 0 Å². The van der Waals surface area contributed by atoms with E-state index in [1.807, 2.05) is 24.3 Å². The van der Waals surface area contributed by atoms with Gasteiger partial charge in [-0.15, -0.1) is 0 Å². The van der Waals surface area contributed by atoms with Crippen molar-refractivity contribution in [3.8, 4) is 0 Å². The Balaban J connectivity index is 3.09. The lowest BCUT2D eigenvalue weighted by atomic mass is 10.2. The van der Waals surface area contributed by atoms with Crippen molar-refractivity contribution in [1.29, 1.82) is 0 Å². The Kier molecular flexibility index (Phi) is 1.55. The minimum atomic E-state index is -0.265.